The molecular formula is C52H36Cl2N18O24S6. The molecule has 0 fully saturated rings. The number of benzene rings is 6. The van der Waals surface area contributed by atoms with Crippen LogP contribution in [0.15, 0.2) is 191 Å². The molecule has 4 aromatic heterocycles. The average Bonchev–Trinajstić information content (AvgIpc) is 1.60. The third kappa shape index (κ3) is 17.0. The molecule has 0 saturated carbocycles. The summed E-state index contributed by atoms with van der Waals surface area (Å²) in [7, 11) is -29.9. The highest BCUT2D eigenvalue weighted by Gasteiger charge is 2.28. The van der Waals surface area contributed by atoms with Crippen LogP contribution >= 0.6 is 23.2 Å². The molecule has 0 atom stereocenters. The van der Waals surface area contributed by atoms with Crippen LogP contribution in [-0.4, -0.2) is 160 Å². The zero-order valence-corrected chi connectivity index (χ0v) is 55.8. The Labute approximate surface area is 577 Å². The van der Waals surface area contributed by atoms with Gasteiger partial charge in [0.1, 0.15) is 31.0 Å². The lowest BCUT2D eigenvalue weighted by Crippen LogP contribution is -2.26. The third-order valence-electron chi connectivity index (χ3n) is 13.0. The van der Waals surface area contributed by atoms with Gasteiger partial charge in [0, 0.05) is 0 Å². The number of nitrogens with one attached hydrogen (secondary N) is 4. The summed E-state index contributed by atoms with van der Waals surface area (Å²) in [5.74, 6) is -5.57. The van der Waals surface area contributed by atoms with Gasteiger partial charge in [0.25, 0.3) is 60.7 Å². The van der Waals surface area contributed by atoms with Gasteiger partial charge < -0.3 is 30.4 Å². The molecule has 42 nitrogen and oxygen atoms in total. The maximum atomic E-state index is 12.8. The molecule has 528 valence electrons. The fraction of sp³-hybridized carbons (Fsp3) is 0. The van der Waals surface area contributed by atoms with Crippen LogP contribution in [-0.2, 0) is 60.7 Å². The smallest absolute Gasteiger partial charge is 0.358 e. The van der Waals surface area contributed by atoms with E-state index in [4.69, 9.17) is 23.2 Å². The Morgan fingerprint density at radius 2 is 0.725 bits per heavy atom. The van der Waals surface area contributed by atoms with Crippen molar-refractivity contribution in [1.29, 1.82) is 0 Å². The van der Waals surface area contributed by atoms with E-state index in [1.807, 2.05) is 0 Å². The van der Waals surface area contributed by atoms with Gasteiger partial charge in [-0.25, -0.2) is 29.6 Å². The van der Waals surface area contributed by atoms with E-state index in [0.29, 0.717) is 9.36 Å². The largest absolute Gasteiger partial charge is 0.492 e. The molecule has 6 aromatic carbocycles. The summed E-state index contributed by atoms with van der Waals surface area (Å²) < 4.78 is 208. The predicted octanol–water partition coefficient (Wildman–Crippen LogP) is 5.69. The zero-order valence-electron chi connectivity index (χ0n) is 49.4. The number of carboxylic acids is 2. The number of azo groups is 2. The van der Waals surface area contributed by atoms with Crippen LogP contribution in [0.5, 0.6) is 11.8 Å². The number of H-pyrrole nitrogens is 4. The van der Waals surface area contributed by atoms with E-state index in [1.165, 1.54) is 12.1 Å². The van der Waals surface area contributed by atoms with Gasteiger partial charge in [-0.15, -0.1) is 20.5 Å². The van der Waals surface area contributed by atoms with Crippen molar-refractivity contribution in [3.63, 3.8) is 0 Å². The summed E-state index contributed by atoms with van der Waals surface area (Å²) in [6.45, 7) is 0. The van der Waals surface area contributed by atoms with Crippen LogP contribution in [0.4, 0.5) is 45.5 Å². The van der Waals surface area contributed by atoms with E-state index >= 15 is 0 Å². The normalized spacial score (nSPS) is 13.5. The van der Waals surface area contributed by atoms with Crippen molar-refractivity contribution in [2.24, 2.45) is 40.4 Å². The molecule has 10 rings (SSSR count). The zero-order chi connectivity index (χ0) is 74.3. The predicted molar refractivity (Wildman–Crippen MR) is 343 cm³/mol. The number of carbonyl (C=O) groups is 2. The van der Waals surface area contributed by atoms with Crippen LogP contribution in [0.25, 0.3) is 23.5 Å². The summed E-state index contributed by atoms with van der Waals surface area (Å²) in [5.41, 5.74) is -8.32. The van der Waals surface area contributed by atoms with E-state index < -0.39 is 170 Å². The molecule has 102 heavy (non-hydrogen) atoms. The topological polar surface area (TPSA) is 665 Å². The van der Waals surface area contributed by atoms with Gasteiger partial charge in [-0.3, -0.25) is 37.3 Å². The molecular weight excluding hydrogens is 1520 g/mol. The van der Waals surface area contributed by atoms with E-state index in [-0.39, 0.29) is 56.5 Å². The molecule has 0 aliphatic rings. The van der Waals surface area contributed by atoms with E-state index in [1.54, 1.807) is 0 Å². The number of carboxylic acid groups (broad SMARTS) is 2. The van der Waals surface area contributed by atoms with Gasteiger partial charge in [0.15, 0.2) is 11.4 Å². The Morgan fingerprint density at radius 1 is 0.402 bits per heavy atom. The number of hydrogen-bond donors (Lipinski definition) is 14. The number of rotatable bonds is 20. The lowest BCUT2D eigenvalue weighted by molar-refractivity contribution is 0.0680. The van der Waals surface area contributed by atoms with E-state index in [2.05, 4.69) is 80.5 Å². The van der Waals surface area contributed by atoms with Gasteiger partial charge >= 0.3 is 11.9 Å². The highest BCUT2D eigenvalue weighted by molar-refractivity contribution is 7.87. The first-order valence-corrected chi connectivity index (χ1v) is 36.1. The molecule has 0 aliphatic carbocycles. The molecule has 14 N–H and O–H groups in total. The number of halogens is 2. The molecule has 0 spiro atoms. The standard InChI is InChI=1S/C52H36Cl2N18O24S6/c53-47-59-49(55-25-7-17-35(99(85,86)87)33(19-25)65-67-39-41(45(75)76)69-71(43(39)73)29-9-13-31(14-10-29)97(79,80)81)63-51(61-47)57-27-5-3-23(37(21-27)101(91,92)93)1-2-24-4-6-28(22-38(24)102(94,95)96)58-52-62-48(54)60-50(64-52)56-26-8-18-36(100(88,89)90)34(20-26)66-68-40-42(46(77)78)70-72(44(40)74)30-11-15-32(16-12-30)98(82,83)84/h1-22,73-74H,(H,75,76)(H,77,78)(H,79,80,81)(H,82,83,84)(H,85,86,87)(H,88,89,90)(H,91,92,93)(H,94,95,96)(H2,55,57,59,61,63)(H2,56,58,60,62,64)/b2-1+,67-65?,68-66?. The quantitative estimate of drug-likeness (QED) is 0.0248. The van der Waals surface area contributed by atoms with Gasteiger partial charge in [0.05, 0.1) is 43.9 Å². The molecule has 0 bridgehead atoms. The molecule has 0 amide bonds. The monoisotopic (exact) mass is 1560 g/mol. The van der Waals surface area contributed by atoms with Crippen LogP contribution in [0, 0.1) is 0 Å². The van der Waals surface area contributed by atoms with Gasteiger partial charge in [-0.05, 0) is 144 Å². The molecule has 50 heteroatoms. The SMILES string of the molecule is O=C(O)c1nn(-c2ccc(S(=O)(=O)O)cc2)c(O)c1N=Nc1cc(N=c2nc(Cl)[nH]c(=Nc3ccc(/C=C/c4ccc(N=c5[nH]c(Cl)nc(=Nc6ccc(S(=O)(=O)O)c(N=Nc7c(C(=O)O)nn(-c8ccc(S(=O)(=O)O)cc8)c7O)c6)[nH]5)cc4S(=O)(=O)O)c(S(=O)(=O)O)c3)[nH]2)ccc1S(=O)(=O)O. The van der Waals surface area contributed by atoms with Gasteiger partial charge in [0.2, 0.25) is 56.2 Å². The summed E-state index contributed by atoms with van der Waals surface area (Å²) in [4.78, 5) is 54.7. The maximum absolute atomic E-state index is 12.8. The second-order valence-corrected chi connectivity index (χ2v) is 29.0. The molecule has 0 unspecified atom stereocenters. The maximum Gasteiger partial charge on any atom is 0.358 e. The van der Waals surface area contributed by atoms with Crippen LogP contribution in [0.1, 0.15) is 32.1 Å². The molecule has 0 saturated heterocycles. The fourth-order valence-corrected chi connectivity index (χ4v) is 12.6. The minimum absolute atomic E-state index is 0.144. The second-order valence-electron chi connectivity index (χ2n) is 19.9. The third-order valence-corrected chi connectivity index (χ3v) is 18.8. The average molecular weight is 1560 g/mol. The van der Waals surface area contributed by atoms with Gasteiger partial charge in [-0.2, -0.15) is 80.0 Å². The Balaban J connectivity index is 0.927. The van der Waals surface area contributed by atoms with Crippen LogP contribution in [0.3, 0.4) is 0 Å². The van der Waals surface area contributed by atoms with Crippen molar-refractivity contribution in [2.75, 3.05) is 0 Å². The highest BCUT2D eigenvalue weighted by atomic mass is 35.5. The first-order chi connectivity index (χ1) is 47.6. The minimum Gasteiger partial charge on any atom is -0.492 e. The number of aromatic carboxylic acids is 2. The molecule has 0 aliphatic heterocycles. The van der Waals surface area contributed by atoms with Crippen molar-refractivity contribution < 1.29 is 108 Å². The van der Waals surface area contributed by atoms with Crippen LogP contribution in [0.2, 0.25) is 10.6 Å². The van der Waals surface area contributed by atoms with Gasteiger partial charge in [-0.1, -0.05) is 24.3 Å². The summed E-state index contributed by atoms with van der Waals surface area (Å²) in [5, 5.41) is 63.0. The Kier molecular flexibility index (Phi) is 20.0. The van der Waals surface area contributed by atoms with Crippen molar-refractivity contribution in [2.45, 2.75) is 29.4 Å². The first kappa shape index (κ1) is 73.2. The lowest BCUT2D eigenvalue weighted by atomic mass is 10.1. The number of aromatic hydroxyl groups is 2. The number of nitrogens with zero attached hydrogens (tertiary/aromatic N) is 14. The summed E-state index contributed by atoms with van der Waals surface area (Å²) in [6.07, 6.45) is 2.06. The van der Waals surface area contributed by atoms with Crippen LogP contribution < -0.4 is 22.5 Å². The van der Waals surface area contributed by atoms with E-state index in [0.717, 1.165) is 121 Å². The Morgan fingerprint density at radius 3 is 1.04 bits per heavy atom. The molecule has 10 aromatic rings. The molecule has 4 heterocycles. The summed E-state index contributed by atoms with van der Waals surface area (Å²) >= 11 is 12.5. The number of aromatic nitrogens is 10. The van der Waals surface area contributed by atoms with Crippen molar-refractivity contribution >= 4 is 154 Å². The summed E-state index contributed by atoms with van der Waals surface area (Å²) in [6, 6.07) is 19.5. The van der Waals surface area contributed by atoms with Crippen molar-refractivity contribution in [3.8, 4) is 23.1 Å². The first-order valence-electron chi connectivity index (χ1n) is 26.7. The van der Waals surface area contributed by atoms with Crippen molar-refractivity contribution in [1.82, 2.24) is 49.5 Å². The number of hydrogen-bond acceptors (Lipinski definition) is 28. The van der Waals surface area contributed by atoms with E-state index in [9.17, 15) is 108 Å². The fourth-order valence-electron chi connectivity index (χ4n) is 8.68. The Hall–Kier alpha value is -11.5. The lowest BCUT2D eigenvalue weighted by Gasteiger charge is -2.07. The van der Waals surface area contributed by atoms with Crippen molar-refractivity contribution in [3.05, 3.63) is 177 Å². The minimum atomic E-state index is -5.17. The second kappa shape index (κ2) is 27.9. The highest BCUT2D eigenvalue weighted by Crippen LogP contribution is 2.39. The Bertz CT molecular complexity index is 5950. The molecule has 0 radical (unpaired) electrons. The number of aromatic amines is 4.